The van der Waals surface area contributed by atoms with Crippen molar-refractivity contribution in [3.8, 4) is 0 Å². The highest BCUT2D eigenvalue weighted by molar-refractivity contribution is 7.09. The molecule has 1 aliphatic heterocycles. The highest BCUT2D eigenvalue weighted by Crippen LogP contribution is 2.15. The Morgan fingerprint density at radius 2 is 2.56 bits per heavy atom. The fraction of sp³-hybridized carbons (Fsp3) is 0.667. The van der Waals surface area contributed by atoms with Crippen LogP contribution in [0, 0.1) is 0 Å². The first-order valence-corrected chi connectivity index (χ1v) is 7.19. The largest absolute Gasteiger partial charge is 0.480 e. The number of aromatic nitrogens is 1. The summed E-state index contributed by atoms with van der Waals surface area (Å²) in [5.74, 6) is -0.758. The summed E-state index contributed by atoms with van der Waals surface area (Å²) in [6, 6.07) is -0.435. The minimum Gasteiger partial charge on any atom is -0.480 e. The van der Waals surface area contributed by atoms with Gasteiger partial charge < -0.3 is 10.4 Å². The molecule has 18 heavy (non-hydrogen) atoms. The second kappa shape index (κ2) is 6.26. The fourth-order valence-electron chi connectivity index (χ4n) is 2.14. The number of aryl methyl sites for hydroxylation is 1. The molecular weight excluding hydrogens is 250 g/mol. The number of carboxylic acid groups (broad SMARTS) is 1. The van der Waals surface area contributed by atoms with Crippen molar-refractivity contribution in [2.45, 2.75) is 32.4 Å². The van der Waals surface area contributed by atoms with E-state index in [2.05, 4.69) is 17.2 Å². The molecule has 0 spiro atoms. The molecule has 5 nitrogen and oxygen atoms in total. The second-order valence-corrected chi connectivity index (χ2v) is 5.45. The molecule has 1 aromatic heterocycles. The predicted octanol–water partition coefficient (Wildman–Crippen LogP) is 0.954. The van der Waals surface area contributed by atoms with Crippen LogP contribution in [0.15, 0.2) is 5.38 Å². The Kier molecular flexibility index (Phi) is 4.68. The molecule has 0 saturated carbocycles. The monoisotopic (exact) mass is 269 g/mol. The molecule has 2 heterocycles. The molecule has 100 valence electrons. The predicted molar refractivity (Wildman–Crippen MR) is 70.8 cm³/mol. The molecule has 0 bridgehead atoms. The van der Waals surface area contributed by atoms with Crippen LogP contribution in [0.1, 0.15) is 24.0 Å². The summed E-state index contributed by atoms with van der Waals surface area (Å²) < 4.78 is 0. The summed E-state index contributed by atoms with van der Waals surface area (Å²) in [6.45, 7) is 4.89. The lowest BCUT2D eigenvalue weighted by Gasteiger charge is -2.32. The van der Waals surface area contributed by atoms with Gasteiger partial charge in [-0.25, -0.2) is 4.98 Å². The van der Waals surface area contributed by atoms with E-state index in [1.54, 1.807) is 11.3 Å². The number of rotatable bonds is 5. The van der Waals surface area contributed by atoms with Crippen LogP contribution in [0.25, 0.3) is 0 Å². The van der Waals surface area contributed by atoms with Gasteiger partial charge in [0.2, 0.25) is 0 Å². The summed E-state index contributed by atoms with van der Waals surface area (Å²) in [5, 5.41) is 15.5. The molecule has 0 amide bonds. The van der Waals surface area contributed by atoms with Crippen molar-refractivity contribution >= 4 is 17.3 Å². The third-order valence-electron chi connectivity index (χ3n) is 3.07. The molecule has 1 aliphatic rings. The SMILES string of the molecule is CCCc1nc(CN2CCNCC2C(=O)O)cs1. The van der Waals surface area contributed by atoms with Gasteiger partial charge in [0.1, 0.15) is 6.04 Å². The third-order valence-corrected chi connectivity index (χ3v) is 4.02. The molecule has 6 heteroatoms. The van der Waals surface area contributed by atoms with Crippen molar-refractivity contribution in [2.75, 3.05) is 19.6 Å². The minimum atomic E-state index is -0.758. The van der Waals surface area contributed by atoms with Gasteiger partial charge in [0.05, 0.1) is 10.7 Å². The number of aliphatic carboxylic acids is 1. The van der Waals surface area contributed by atoms with Gasteiger partial charge in [0, 0.05) is 31.6 Å². The van der Waals surface area contributed by atoms with Gasteiger partial charge in [-0.1, -0.05) is 6.92 Å². The number of hydrogen-bond donors (Lipinski definition) is 2. The van der Waals surface area contributed by atoms with Crippen LogP contribution in [0.5, 0.6) is 0 Å². The molecule has 0 aliphatic carbocycles. The van der Waals surface area contributed by atoms with Crippen molar-refractivity contribution in [1.29, 1.82) is 0 Å². The second-order valence-electron chi connectivity index (χ2n) is 4.51. The molecule has 1 unspecified atom stereocenters. The number of thiazole rings is 1. The quantitative estimate of drug-likeness (QED) is 0.833. The normalized spacial score (nSPS) is 21.1. The van der Waals surface area contributed by atoms with Gasteiger partial charge in [0.15, 0.2) is 0 Å². The molecule has 1 fully saturated rings. The number of hydrogen-bond acceptors (Lipinski definition) is 5. The van der Waals surface area contributed by atoms with E-state index < -0.39 is 12.0 Å². The first-order chi connectivity index (χ1) is 8.70. The third kappa shape index (κ3) is 3.28. The maximum absolute atomic E-state index is 11.2. The van der Waals surface area contributed by atoms with E-state index >= 15 is 0 Å². The van der Waals surface area contributed by atoms with Gasteiger partial charge in [-0.3, -0.25) is 9.69 Å². The highest BCUT2D eigenvalue weighted by atomic mass is 32.1. The van der Waals surface area contributed by atoms with Crippen LogP contribution in [0.2, 0.25) is 0 Å². The average molecular weight is 269 g/mol. The van der Waals surface area contributed by atoms with E-state index in [1.807, 2.05) is 10.3 Å². The lowest BCUT2D eigenvalue weighted by Crippen LogP contribution is -2.54. The molecule has 2 N–H and O–H groups in total. The number of carboxylic acids is 1. The van der Waals surface area contributed by atoms with Crippen molar-refractivity contribution in [1.82, 2.24) is 15.2 Å². The Morgan fingerprint density at radius 3 is 3.28 bits per heavy atom. The maximum Gasteiger partial charge on any atom is 0.322 e. The fourth-order valence-corrected chi connectivity index (χ4v) is 3.03. The number of nitrogens with zero attached hydrogens (tertiary/aromatic N) is 2. The van der Waals surface area contributed by atoms with E-state index in [1.165, 1.54) is 0 Å². The van der Waals surface area contributed by atoms with Gasteiger partial charge in [-0.05, 0) is 12.8 Å². The van der Waals surface area contributed by atoms with Crippen molar-refractivity contribution in [2.24, 2.45) is 0 Å². The first kappa shape index (κ1) is 13.5. The summed E-state index contributed by atoms with van der Waals surface area (Å²) in [4.78, 5) is 17.7. The standard InChI is InChI=1S/C12H19N3O2S/c1-2-3-11-14-9(8-18-11)7-15-5-4-13-6-10(15)12(16)17/h8,10,13H,2-7H2,1H3,(H,16,17). The van der Waals surface area contributed by atoms with Crippen LogP contribution in [0.3, 0.4) is 0 Å². The smallest absolute Gasteiger partial charge is 0.322 e. The number of nitrogens with one attached hydrogen (secondary N) is 1. The zero-order valence-corrected chi connectivity index (χ0v) is 11.4. The highest BCUT2D eigenvalue weighted by Gasteiger charge is 2.28. The first-order valence-electron chi connectivity index (χ1n) is 6.31. The lowest BCUT2D eigenvalue weighted by molar-refractivity contribution is -0.144. The van der Waals surface area contributed by atoms with Crippen LogP contribution in [-0.2, 0) is 17.8 Å². The average Bonchev–Trinajstić information content (AvgIpc) is 2.77. The van der Waals surface area contributed by atoms with Crippen LogP contribution < -0.4 is 5.32 Å². The van der Waals surface area contributed by atoms with Gasteiger partial charge in [-0.2, -0.15) is 0 Å². The molecule has 1 atom stereocenters. The number of piperazine rings is 1. The van der Waals surface area contributed by atoms with E-state index in [0.717, 1.165) is 36.6 Å². The Labute approximate surface area is 111 Å². The van der Waals surface area contributed by atoms with Crippen LogP contribution in [-0.4, -0.2) is 46.6 Å². The van der Waals surface area contributed by atoms with E-state index in [0.29, 0.717) is 13.1 Å². The summed E-state index contributed by atoms with van der Waals surface area (Å²) in [7, 11) is 0. The molecule has 0 radical (unpaired) electrons. The van der Waals surface area contributed by atoms with Gasteiger partial charge >= 0.3 is 5.97 Å². The van der Waals surface area contributed by atoms with E-state index in [-0.39, 0.29) is 0 Å². The minimum absolute atomic E-state index is 0.435. The van der Waals surface area contributed by atoms with E-state index in [9.17, 15) is 9.90 Å². The van der Waals surface area contributed by atoms with Crippen molar-refractivity contribution < 1.29 is 9.90 Å². The Balaban J connectivity index is 1.99. The molecule has 1 saturated heterocycles. The molecule has 1 aromatic rings. The van der Waals surface area contributed by atoms with Crippen LogP contribution in [0.4, 0.5) is 0 Å². The van der Waals surface area contributed by atoms with E-state index in [4.69, 9.17) is 0 Å². The van der Waals surface area contributed by atoms with Crippen molar-refractivity contribution in [3.63, 3.8) is 0 Å². The topological polar surface area (TPSA) is 65.5 Å². The summed E-state index contributed by atoms with van der Waals surface area (Å²) in [5.41, 5.74) is 0.997. The summed E-state index contributed by atoms with van der Waals surface area (Å²) >= 11 is 1.67. The maximum atomic E-state index is 11.2. The van der Waals surface area contributed by atoms with Crippen molar-refractivity contribution in [3.05, 3.63) is 16.1 Å². The zero-order valence-electron chi connectivity index (χ0n) is 10.6. The molecule has 0 aromatic carbocycles. The van der Waals surface area contributed by atoms with Gasteiger partial charge in [-0.15, -0.1) is 11.3 Å². The lowest BCUT2D eigenvalue weighted by atomic mass is 10.2. The molecule has 2 rings (SSSR count). The van der Waals surface area contributed by atoms with Gasteiger partial charge in [0.25, 0.3) is 0 Å². The number of carbonyl (C=O) groups is 1. The van der Waals surface area contributed by atoms with Crippen LogP contribution >= 0.6 is 11.3 Å². The Morgan fingerprint density at radius 1 is 1.72 bits per heavy atom. The molecular formula is C12H19N3O2S. The Hall–Kier alpha value is -0.980. The summed E-state index contributed by atoms with van der Waals surface area (Å²) in [6.07, 6.45) is 2.10. The zero-order chi connectivity index (χ0) is 13.0. The Bertz CT molecular complexity index is 408.